The Hall–Kier alpha value is -2.08. The van der Waals surface area contributed by atoms with Crippen LogP contribution in [0.25, 0.3) is 0 Å². The number of piperidine rings is 1. The summed E-state index contributed by atoms with van der Waals surface area (Å²) in [5, 5.41) is 3.23. The third kappa shape index (κ3) is 5.23. The summed E-state index contributed by atoms with van der Waals surface area (Å²) in [5.74, 6) is -0.947. The fourth-order valence-corrected chi connectivity index (χ4v) is 2.76. The largest absolute Gasteiger partial charge is 0.468 e. The molecule has 0 saturated carbocycles. The van der Waals surface area contributed by atoms with Crippen molar-refractivity contribution in [3.8, 4) is 0 Å². The van der Waals surface area contributed by atoms with Crippen molar-refractivity contribution in [2.24, 2.45) is 5.92 Å². The quantitative estimate of drug-likeness (QED) is 0.785. The number of carbonyl (C=O) groups excluding carboxylic acids is 3. The molecule has 2 amide bonds. The van der Waals surface area contributed by atoms with Gasteiger partial charge in [-0.15, -0.1) is 0 Å². The molecule has 1 aliphatic heterocycles. The zero-order valence-corrected chi connectivity index (χ0v) is 14.3. The SMILES string of the molecule is COC(=O)CNC(=O)[C@@H]1CCC(=O)N(CCc2ccc(Cl)cc2)C1. The van der Waals surface area contributed by atoms with E-state index in [0.29, 0.717) is 37.4 Å². The van der Waals surface area contributed by atoms with Crippen molar-refractivity contribution in [1.29, 1.82) is 0 Å². The van der Waals surface area contributed by atoms with E-state index in [2.05, 4.69) is 10.1 Å². The van der Waals surface area contributed by atoms with Crippen molar-refractivity contribution in [3.63, 3.8) is 0 Å². The second-order valence-corrected chi connectivity index (χ2v) is 6.18. The monoisotopic (exact) mass is 352 g/mol. The highest BCUT2D eigenvalue weighted by atomic mass is 35.5. The molecule has 1 heterocycles. The van der Waals surface area contributed by atoms with Gasteiger partial charge in [0.1, 0.15) is 6.54 Å². The van der Waals surface area contributed by atoms with E-state index in [0.717, 1.165) is 5.56 Å². The van der Waals surface area contributed by atoms with Gasteiger partial charge in [-0.2, -0.15) is 0 Å². The lowest BCUT2D eigenvalue weighted by Gasteiger charge is -2.32. The fraction of sp³-hybridized carbons (Fsp3) is 0.471. The normalized spacial score (nSPS) is 17.5. The van der Waals surface area contributed by atoms with Crippen LogP contribution in [0.4, 0.5) is 0 Å². The summed E-state index contributed by atoms with van der Waals surface area (Å²) < 4.78 is 4.49. The van der Waals surface area contributed by atoms with E-state index in [1.165, 1.54) is 7.11 Å². The summed E-state index contributed by atoms with van der Waals surface area (Å²) in [6.07, 6.45) is 1.56. The van der Waals surface area contributed by atoms with E-state index < -0.39 is 5.97 Å². The standard InChI is InChI=1S/C17H21ClN2O4/c1-24-16(22)10-19-17(23)13-4-7-15(21)20(11-13)9-8-12-2-5-14(18)6-3-12/h2-3,5-6,13H,4,7-11H2,1H3,(H,19,23)/t13-/m1/s1. The lowest BCUT2D eigenvalue weighted by Crippen LogP contribution is -2.47. The maximum atomic E-state index is 12.1. The summed E-state index contributed by atoms with van der Waals surface area (Å²) in [5.41, 5.74) is 1.09. The number of nitrogens with one attached hydrogen (secondary N) is 1. The van der Waals surface area contributed by atoms with E-state index in [4.69, 9.17) is 11.6 Å². The van der Waals surface area contributed by atoms with E-state index >= 15 is 0 Å². The highest BCUT2D eigenvalue weighted by Crippen LogP contribution is 2.19. The molecular weight excluding hydrogens is 332 g/mol. The smallest absolute Gasteiger partial charge is 0.325 e. The van der Waals surface area contributed by atoms with Crippen LogP contribution in [0.1, 0.15) is 18.4 Å². The van der Waals surface area contributed by atoms with Gasteiger partial charge in [0.2, 0.25) is 11.8 Å². The molecule has 24 heavy (non-hydrogen) atoms. The molecule has 6 nitrogen and oxygen atoms in total. The van der Waals surface area contributed by atoms with Crippen molar-refractivity contribution in [1.82, 2.24) is 10.2 Å². The molecule has 1 saturated heterocycles. The van der Waals surface area contributed by atoms with Crippen LogP contribution < -0.4 is 5.32 Å². The number of methoxy groups -OCH3 is 1. The number of nitrogens with zero attached hydrogens (tertiary/aromatic N) is 1. The van der Waals surface area contributed by atoms with Crippen LogP contribution in [-0.4, -0.2) is 49.4 Å². The molecule has 1 atom stereocenters. The van der Waals surface area contributed by atoms with Gasteiger partial charge in [0.05, 0.1) is 13.0 Å². The number of hydrogen-bond acceptors (Lipinski definition) is 4. The van der Waals surface area contributed by atoms with Crippen molar-refractivity contribution in [2.75, 3.05) is 26.7 Å². The molecule has 0 radical (unpaired) electrons. The van der Waals surface area contributed by atoms with Gasteiger partial charge in [-0.25, -0.2) is 0 Å². The topological polar surface area (TPSA) is 75.7 Å². The van der Waals surface area contributed by atoms with Crippen LogP contribution in [0.2, 0.25) is 5.02 Å². The van der Waals surface area contributed by atoms with Crippen LogP contribution in [0.15, 0.2) is 24.3 Å². The Morgan fingerprint density at radius 1 is 1.33 bits per heavy atom. The Kier molecular flexibility index (Phi) is 6.61. The number of ether oxygens (including phenoxy) is 1. The van der Waals surface area contributed by atoms with Crippen LogP contribution in [0, 0.1) is 5.92 Å². The van der Waals surface area contributed by atoms with Crippen molar-refractivity contribution in [3.05, 3.63) is 34.9 Å². The average molecular weight is 353 g/mol. The molecule has 0 unspecified atom stereocenters. The minimum Gasteiger partial charge on any atom is -0.468 e. The number of rotatable bonds is 6. The second kappa shape index (κ2) is 8.68. The molecule has 1 N–H and O–H groups in total. The number of hydrogen-bond donors (Lipinski definition) is 1. The minimum atomic E-state index is -0.491. The number of esters is 1. The molecule has 0 aliphatic carbocycles. The van der Waals surface area contributed by atoms with Gasteiger partial charge in [0, 0.05) is 24.5 Å². The summed E-state index contributed by atoms with van der Waals surface area (Å²) in [6, 6.07) is 7.49. The first-order chi connectivity index (χ1) is 11.5. The van der Waals surface area contributed by atoms with Crippen LogP contribution >= 0.6 is 11.6 Å². The predicted octanol–water partition coefficient (Wildman–Crippen LogP) is 1.41. The molecule has 1 fully saturated rings. The minimum absolute atomic E-state index is 0.0565. The Morgan fingerprint density at radius 3 is 2.71 bits per heavy atom. The Labute approximate surface area is 146 Å². The first-order valence-electron chi connectivity index (χ1n) is 7.86. The van der Waals surface area contributed by atoms with Crippen molar-refractivity contribution >= 4 is 29.4 Å². The van der Waals surface area contributed by atoms with Gasteiger partial charge in [0.25, 0.3) is 0 Å². The van der Waals surface area contributed by atoms with Crippen molar-refractivity contribution in [2.45, 2.75) is 19.3 Å². The Balaban J connectivity index is 1.85. The first kappa shape index (κ1) is 18.3. The average Bonchev–Trinajstić information content (AvgIpc) is 2.60. The number of likely N-dealkylation sites (tertiary alicyclic amines) is 1. The molecule has 1 aromatic rings. The molecule has 7 heteroatoms. The molecule has 2 rings (SSSR count). The summed E-state index contributed by atoms with van der Waals surface area (Å²) in [7, 11) is 1.27. The third-order valence-corrected chi connectivity index (χ3v) is 4.34. The van der Waals surface area contributed by atoms with Crippen LogP contribution in [-0.2, 0) is 25.5 Å². The fourth-order valence-electron chi connectivity index (χ4n) is 2.64. The van der Waals surface area contributed by atoms with Gasteiger partial charge in [-0.3, -0.25) is 14.4 Å². The first-order valence-corrected chi connectivity index (χ1v) is 8.24. The lowest BCUT2D eigenvalue weighted by molar-refractivity contribution is -0.143. The van der Waals surface area contributed by atoms with Gasteiger partial charge < -0.3 is 15.0 Å². The molecule has 0 spiro atoms. The Morgan fingerprint density at radius 2 is 2.04 bits per heavy atom. The maximum Gasteiger partial charge on any atom is 0.325 e. The van der Waals surface area contributed by atoms with E-state index in [1.54, 1.807) is 4.90 Å². The van der Waals surface area contributed by atoms with Crippen LogP contribution in [0.3, 0.4) is 0 Å². The lowest BCUT2D eigenvalue weighted by atomic mass is 9.96. The zero-order chi connectivity index (χ0) is 17.5. The number of benzene rings is 1. The molecule has 130 valence electrons. The van der Waals surface area contributed by atoms with Crippen molar-refractivity contribution < 1.29 is 19.1 Å². The van der Waals surface area contributed by atoms with Gasteiger partial charge in [0.15, 0.2) is 0 Å². The molecule has 1 aromatic carbocycles. The predicted molar refractivity (Wildman–Crippen MR) is 89.5 cm³/mol. The zero-order valence-electron chi connectivity index (χ0n) is 13.6. The molecular formula is C17H21ClN2O4. The number of amides is 2. The van der Waals surface area contributed by atoms with Gasteiger partial charge in [-0.05, 0) is 30.5 Å². The van der Waals surface area contributed by atoms with E-state index in [1.807, 2.05) is 24.3 Å². The van der Waals surface area contributed by atoms with E-state index in [-0.39, 0.29) is 24.3 Å². The summed E-state index contributed by atoms with van der Waals surface area (Å²) >= 11 is 5.86. The highest BCUT2D eigenvalue weighted by Gasteiger charge is 2.30. The van der Waals surface area contributed by atoms with Gasteiger partial charge in [-0.1, -0.05) is 23.7 Å². The van der Waals surface area contributed by atoms with Crippen LogP contribution in [0.5, 0.6) is 0 Å². The van der Waals surface area contributed by atoms with E-state index in [9.17, 15) is 14.4 Å². The highest BCUT2D eigenvalue weighted by molar-refractivity contribution is 6.30. The maximum absolute atomic E-state index is 12.1. The molecule has 0 aromatic heterocycles. The number of halogens is 1. The second-order valence-electron chi connectivity index (χ2n) is 5.75. The van der Waals surface area contributed by atoms with Gasteiger partial charge >= 0.3 is 5.97 Å². The molecule has 0 bridgehead atoms. The summed E-state index contributed by atoms with van der Waals surface area (Å²) in [4.78, 5) is 37.0. The summed E-state index contributed by atoms with van der Waals surface area (Å²) in [6.45, 7) is 0.783. The third-order valence-electron chi connectivity index (χ3n) is 4.09. The Bertz CT molecular complexity index is 603. The molecule has 1 aliphatic rings. The number of carbonyl (C=O) groups is 3.